The number of nitrogens with zero attached hydrogens (tertiary/aromatic N) is 1. The first-order chi connectivity index (χ1) is 31.5. The van der Waals surface area contributed by atoms with Gasteiger partial charge >= 0.3 is 11.9 Å². The molecule has 0 amide bonds. The number of phosphoric acid groups is 1. The van der Waals surface area contributed by atoms with Crippen molar-refractivity contribution in [1.82, 2.24) is 0 Å². The number of quaternary nitrogens is 1. The van der Waals surface area contributed by atoms with Crippen LogP contribution in [0, 0.1) is 0 Å². The van der Waals surface area contributed by atoms with Crippen LogP contribution in [-0.2, 0) is 32.7 Å². The summed E-state index contributed by atoms with van der Waals surface area (Å²) in [5.74, 6) is -0.902. The maximum absolute atomic E-state index is 12.7. The van der Waals surface area contributed by atoms with Crippen LogP contribution in [0.25, 0.3) is 0 Å². The largest absolute Gasteiger partial charge is 0.756 e. The minimum atomic E-state index is -4.64. The molecule has 65 heavy (non-hydrogen) atoms. The number of esters is 2. The standard InChI is InChI=1S/C55H90NO8P/c1-6-8-10-12-14-16-17-18-19-20-21-22-23-24-25-26-27-28-29-30-31-32-33-34-35-36-37-38-39-40-42-44-46-48-55(58)64-53(52-63-65(59,60)62-50-49-56(3,4)5)51-61-54(57)47-45-43-41-15-13-11-9-7-2/h8,10,14,16,18-19,21-22,24-25,27-28,30-31,33-34,36-37,39-40,53H,6-7,9,11-13,15,17,20,23,26,29,32,35,38,41-52H2,1-5H3/b10-8-,16-14-,19-18-,22-21-,25-24-,28-27-,31-30-,34-33-,37-36-,40-39-. The zero-order chi connectivity index (χ0) is 47.8. The molecule has 0 aliphatic carbocycles. The highest BCUT2D eigenvalue weighted by atomic mass is 31.2. The summed E-state index contributed by atoms with van der Waals surface area (Å²) >= 11 is 0. The van der Waals surface area contributed by atoms with Crippen LogP contribution < -0.4 is 4.89 Å². The van der Waals surface area contributed by atoms with Crippen LogP contribution in [0.5, 0.6) is 0 Å². The van der Waals surface area contributed by atoms with Crippen LogP contribution in [0.15, 0.2) is 122 Å². The zero-order valence-corrected chi connectivity index (χ0v) is 42.3. The maximum atomic E-state index is 12.7. The lowest BCUT2D eigenvalue weighted by atomic mass is 10.1. The van der Waals surface area contributed by atoms with Crippen molar-refractivity contribution < 1.29 is 42.1 Å². The molecular weight excluding hydrogens is 834 g/mol. The van der Waals surface area contributed by atoms with Crippen LogP contribution in [0.3, 0.4) is 0 Å². The number of ether oxygens (including phenoxy) is 2. The molecule has 10 heteroatoms. The Morgan fingerprint density at radius 3 is 1.31 bits per heavy atom. The van der Waals surface area contributed by atoms with Crippen molar-refractivity contribution in [3.63, 3.8) is 0 Å². The molecule has 0 saturated carbocycles. The summed E-state index contributed by atoms with van der Waals surface area (Å²) in [6.07, 6.45) is 64.1. The van der Waals surface area contributed by atoms with Gasteiger partial charge in [-0.2, -0.15) is 0 Å². The van der Waals surface area contributed by atoms with E-state index in [0.717, 1.165) is 103 Å². The molecule has 0 rings (SSSR count). The lowest BCUT2D eigenvalue weighted by Gasteiger charge is -2.28. The molecule has 0 fully saturated rings. The van der Waals surface area contributed by atoms with E-state index >= 15 is 0 Å². The first-order valence-electron chi connectivity index (χ1n) is 24.7. The summed E-state index contributed by atoms with van der Waals surface area (Å²) in [6, 6.07) is 0. The topological polar surface area (TPSA) is 111 Å². The fraction of sp³-hybridized carbons (Fsp3) is 0.600. The van der Waals surface area contributed by atoms with E-state index in [2.05, 4.69) is 135 Å². The summed E-state index contributed by atoms with van der Waals surface area (Å²) in [4.78, 5) is 37.4. The second-order valence-electron chi connectivity index (χ2n) is 17.1. The van der Waals surface area contributed by atoms with Gasteiger partial charge in [0.2, 0.25) is 0 Å². The summed E-state index contributed by atoms with van der Waals surface area (Å²) in [5.41, 5.74) is 0. The second-order valence-corrected chi connectivity index (χ2v) is 18.5. The van der Waals surface area contributed by atoms with Gasteiger partial charge in [-0.3, -0.25) is 14.2 Å². The predicted octanol–water partition coefficient (Wildman–Crippen LogP) is 14.2. The number of hydrogen-bond donors (Lipinski definition) is 0. The van der Waals surface area contributed by atoms with Crippen molar-refractivity contribution in [3.8, 4) is 0 Å². The molecule has 0 aromatic carbocycles. The average molecular weight is 924 g/mol. The van der Waals surface area contributed by atoms with Crippen molar-refractivity contribution in [2.24, 2.45) is 0 Å². The Morgan fingerprint density at radius 1 is 0.492 bits per heavy atom. The van der Waals surface area contributed by atoms with Gasteiger partial charge < -0.3 is 27.9 Å². The monoisotopic (exact) mass is 924 g/mol. The molecule has 0 saturated heterocycles. The lowest BCUT2D eigenvalue weighted by molar-refractivity contribution is -0.870. The van der Waals surface area contributed by atoms with E-state index < -0.39 is 32.5 Å². The minimum Gasteiger partial charge on any atom is -0.756 e. The number of likely N-dealkylation sites (N-methyl/N-ethyl adjacent to an activating group) is 1. The van der Waals surface area contributed by atoms with Gasteiger partial charge in [-0.05, 0) is 89.9 Å². The fourth-order valence-electron chi connectivity index (χ4n) is 5.92. The van der Waals surface area contributed by atoms with E-state index in [1.165, 1.54) is 25.7 Å². The highest BCUT2D eigenvalue weighted by Crippen LogP contribution is 2.38. The Kier molecular flexibility index (Phi) is 43.0. The highest BCUT2D eigenvalue weighted by Gasteiger charge is 2.21. The van der Waals surface area contributed by atoms with E-state index in [1.54, 1.807) is 0 Å². The van der Waals surface area contributed by atoms with Gasteiger partial charge in [0.15, 0.2) is 6.10 Å². The Hall–Kier alpha value is -3.59. The molecule has 0 radical (unpaired) electrons. The van der Waals surface area contributed by atoms with Gasteiger partial charge in [-0.1, -0.05) is 180 Å². The van der Waals surface area contributed by atoms with Gasteiger partial charge in [0, 0.05) is 12.8 Å². The van der Waals surface area contributed by atoms with Gasteiger partial charge in [-0.15, -0.1) is 0 Å². The number of phosphoric ester groups is 1. The fourth-order valence-corrected chi connectivity index (χ4v) is 6.64. The quantitative estimate of drug-likeness (QED) is 0.0195. The smallest absolute Gasteiger partial charge is 0.306 e. The first-order valence-corrected chi connectivity index (χ1v) is 26.2. The Bertz CT molecular complexity index is 1510. The Labute approximate surface area is 397 Å². The zero-order valence-electron chi connectivity index (χ0n) is 41.4. The number of hydrogen-bond acceptors (Lipinski definition) is 8. The van der Waals surface area contributed by atoms with E-state index in [1.807, 2.05) is 21.1 Å². The molecule has 2 unspecified atom stereocenters. The number of carbonyl (C=O) groups excluding carboxylic acids is 2. The number of unbranched alkanes of at least 4 members (excludes halogenated alkanes) is 9. The van der Waals surface area contributed by atoms with E-state index in [0.29, 0.717) is 17.4 Å². The molecule has 0 N–H and O–H groups in total. The molecule has 0 aliphatic rings. The molecule has 0 aromatic rings. The number of carbonyl (C=O) groups is 2. The molecule has 9 nitrogen and oxygen atoms in total. The molecule has 0 heterocycles. The average Bonchev–Trinajstić information content (AvgIpc) is 3.26. The maximum Gasteiger partial charge on any atom is 0.306 e. The van der Waals surface area contributed by atoms with E-state index in [-0.39, 0.29) is 26.1 Å². The van der Waals surface area contributed by atoms with Gasteiger partial charge in [0.25, 0.3) is 7.82 Å². The molecule has 0 bridgehead atoms. The first kappa shape index (κ1) is 61.4. The summed E-state index contributed by atoms with van der Waals surface area (Å²) < 4.78 is 33.8. The molecular formula is C55H90NO8P. The summed E-state index contributed by atoms with van der Waals surface area (Å²) in [7, 11) is 1.12. The van der Waals surface area contributed by atoms with Gasteiger partial charge in [0.1, 0.15) is 19.8 Å². The molecule has 0 aromatic heterocycles. The SMILES string of the molecule is CC/C=C\C/C=C\C/C=C\C/C=C\C/C=C\C/C=C\C/C=C\C/C=C\C/C=C\C/C=C\CCCCC(=O)OC(COC(=O)CCCCCCCCCC)COP(=O)([O-])OCC[N+](C)(C)C. The van der Waals surface area contributed by atoms with Gasteiger partial charge in [-0.25, -0.2) is 0 Å². The third kappa shape index (κ3) is 49.7. The number of allylic oxidation sites excluding steroid dienone is 20. The van der Waals surface area contributed by atoms with Crippen LogP contribution in [0.2, 0.25) is 0 Å². The van der Waals surface area contributed by atoms with Gasteiger partial charge in [0.05, 0.1) is 27.7 Å². The predicted molar refractivity (Wildman–Crippen MR) is 272 cm³/mol. The second kappa shape index (κ2) is 45.6. The Balaban J connectivity index is 4.26. The highest BCUT2D eigenvalue weighted by molar-refractivity contribution is 7.45. The lowest BCUT2D eigenvalue weighted by Crippen LogP contribution is -2.37. The van der Waals surface area contributed by atoms with Crippen molar-refractivity contribution in [3.05, 3.63) is 122 Å². The third-order valence-corrected chi connectivity index (χ3v) is 10.7. The number of rotatable bonds is 43. The van der Waals surface area contributed by atoms with Crippen molar-refractivity contribution in [1.29, 1.82) is 0 Å². The molecule has 2 atom stereocenters. The summed E-state index contributed by atoms with van der Waals surface area (Å²) in [6.45, 7) is 3.99. The van der Waals surface area contributed by atoms with Crippen molar-refractivity contribution in [2.45, 2.75) is 168 Å². The normalized spacial score (nSPS) is 14.5. The van der Waals surface area contributed by atoms with Crippen molar-refractivity contribution >= 4 is 19.8 Å². The third-order valence-electron chi connectivity index (χ3n) is 9.75. The van der Waals surface area contributed by atoms with Crippen molar-refractivity contribution in [2.75, 3.05) is 47.5 Å². The summed E-state index contributed by atoms with van der Waals surface area (Å²) in [5, 5.41) is 0. The van der Waals surface area contributed by atoms with Crippen LogP contribution in [0.1, 0.15) is 162 Å². The van der Waals surface area contributed by atoms with E-state index in [9.17, 15) is 19.0 Å². The molecule has 0 spiro atoms. The van der Waals surface area contributed by atoms with Crippen LogP contribution >= 0.6 is 7.82 Å². The Morgan fingerprint density at radius 2 is 0.877 bits per heavy atom. The minimum absolute atomic E-state index is 0.0455. The van der Waals surface area contributed by atoms with E-state index in [4.69, 9.17) is 18.5 Å². The molecule has 0 aliphatic heterocycles. The van der Waals surface area contributed by atoms with Crippen LogP contribution in [-0.4, -0.2) is 70.0 Å². The van der Waals surface area contributed by atoms with Crippen LogP contribution in [0.4, 0.5) is 0 Å². The molecule has 368 valence electrons.